The van der Waals surface area contributed by atoms with E-state index >= 15 is 0 Å². The van der Waals surface area contributed by atoms with Gasteiger partial charge in [0.2, 0.25) is 0 Å². The lowest BCUT2D eigenvalue weighted by atomic mass is 10.7. The van der Waals surface area contributed by atoms with Crippen molar-refractivity contribution in [1.29, 1.82) is 0 Å². The van der Waals surface area contributed by atoms with Crippen LogP contribution in [-0.4, -0.2) is 35.3 Å². The number of nitrogens with zero attached hydrogens (tertiary/aromatic N) is 2. The maximum Gasteiger partial charge on any atom is 0.413 e. The molecule has 0 aliphatic carbocycles. The molecule has 0 aromatic carbocycles. The molecule has 11 heavy (non-hydrogen) atoms. The first-order valence-electron chi connectivity index (χ1n) is 3.17. The molecular weight excluding hydrogens is 148 g/mol. The molecule has 0 atom stereocenters. The van der Waals surface area contributed by atoms with Crippen molar-refractivity contribution in [3.8, 4) is 0 Å². The topological polar surface area (TPSA) is 82.9 Å². The molecule has 0 aromatic rings. The number of carbonyl (C=O) groups excluding carboxylic acids is 1. The highest BCUT2D eigenvalue weighted by Gasteiger charge is 1.97. The van der Waals surface area contributed by atoms with Crippen LogP contribution in [0, 0.1) is 0 Å². The quantitative estimate of drug-likeness (QED) is 0.264. The van der Waals surface area contributed by atoms with E-state index in [-0.39, 0.29) is 6.61 Å². The average molecular weight is 160 g/mol. The third-order valence-corrected chi connectivity index (χ3v) is 0.450. The van der Waals surface area contributed by atoms with Crippen LogP contribution in [0.5, 0.6) is 0 Å². The number of hydrogen-bond acceptors (Lipinski definition) is 3. The second-order valence-corrected chi connectivity index (χ2v) is 1.31. The van der Waals surface area contributed by atoms with Crippen LogP contribution in [0.2, 0.25) is 0 Å². The van der Waals surface area contributed by atoms with Gasteiger partial charge < -0.3 is 15.4 Å². The van der Waals surface area contributed by atoms with E-state index in [1.807, 2.05) is 0 Å². The second-order valence-electron chi connectivity index (χ2n) is 1.31. The summed E-state index contributed by atoms with van der Waals surface area (Å²) in [6.07, 6.45) is 0.698. The Labute approximate surface area is 65.2 Å². The van der Waals surface area contributed by atoms with Crippen LogP contribution in [0.15, 0.2) is 0 Å². The monoisotopic (exact) mass is 160 g/mol. The van der Waals surface area contributed by atoms with Crippen molar-refractivity contribution in [2.75, 3.05) is 13.2 Å². The summed E-state index contributed by atoms with van der Waals surface area (Å²) in [5, 5.41) is 7.57. The Hall–Kier alpha value is -1.19. The van der Waals surface area contributed by atoms with E-state index in [9.17, 15) is 4.79 Å². The van der Waals surface area contributed by atoms with Gasteiger partial charge in [-0.25, -0.2) is 4.79 Å². The average Bonchev–Trinajstić information content (AvgIpc) is 1.90. The lowest BCUT2D eigenvalue weighted by Gasteiger charge is -1.86. The first kappa shape index (κ1) is 12.5. The lowest BCUT2D eigenvalue weighted by molar-refractivity contribution is -0.138. The highest BCUT2D eigenvalue weighted by Crippen LogP contribution is 1.68. The van der Waals surface area contributed by atoms with Gasteiger partial charge in [-0.1, -0.05) is 0 Å². The Morgan fingerprint density at radius 2 is 2.18 bits per heavy atom. The molecule has 64 valence electrons. The van der Waals surface area contributed by atoms with Gasteiger partial charge in [-0.05, 0) is 13.8 Å². The summed E-state index contributed by atoms with van der Waals surface area (Å²) in [7, 11) is 0. The minimum absolute atomic E-state index is 0.250. The van der Waals surface area contributed by atoms with Crippen LogP contribution in [0.3, 0.4) is 0 Å². The number of aliphatic hydroxyl groups is 1. The Morgan fingerprint density at radius 3 is 2.45 bits per heavy atom. The smallest absolute Gasteiger partial charge is 0.413 e. The summed E-state index contributed by atoms with van der Waals surface area (Å²) >= 11 is 0. The first-order valence-corrected chi connectivity index (χ1v) is 3.17. The minimum Gasteiger partial charge on any atom is -0.458 e. The van der Waals surface area contributed by atoms with Gasteiger partial charge in [-0.3, -0.25) is 0 Å². The van der Waals surface area contributed by atoms with Gasteiger partial charge in [-0.2, -0.15) is 4.79 Å². The van der Waals surface area contributed by atoms with Gasteiger partial charge in [0.05, 0.1) is 6.61 Å². The predicted octanol–water partition coefficient (Wildman–Crippen LogP) is -0.151. The third kappa shape index (κ3) is 17.7. The fraction of sp³-hybridized carbons (Fsp3) is 0.667. The standard InChI is InChI=1S/C4H6N2O2.C2H6O/c1-2-8-4(7)3-6-5;1-2-3/h3H,2H2,1H3;3H,2H2,1H3. The first-order chi connectivity index (χ1) is 5.22. The Bertz CT molecular complexity index is 141. The highest BCUT2D eigenvalue weighted by molar-refractivity contribution is 6.20. The summed E-state index contributed by atoms with van der Waals surface area (Å²) in [4.78, 5) is 12.6. The van der Waals surface area contributed by atoms with E-state index in [1.165, 1.54) is 0 Å². The molecule has 0 spiro atoms. The molecule has 0 radical (unpaired) electrons. The third-order valence-electron chi connectivity index (χ3n) is 0.450. The minimum atomic E-state index is -0.630. The van der Waals surface area contributed by atoms with E-state index in [4.69, 9.17) is 10.6 Å². The molecule has 0 aliphatic rings. The zero-order valence-corrected chi connectivity index (χ0v) is 6.65. The van der Waals surface area contributed by atoms with Crippen LogP contribution in [0.1, 0.15) is 13.8 Å². The molecule has 0 heterocycles. The molecule has 0 amide bonds. The van der Waals surface area contributed by atoms with Crippen molar-refractivity contribution in [2.24, 2.45) is 0 Å². The SMILES string of the molecule is CCO.CCOC(=O)C=[N+]=[N-]. The zero-order chi connectivity index (χ0) is 9.11. The van der Waals surface area contributed by atoms with Crippen LogP contribution >= 0.6 is 0 Å². The van der Waals surface area contributed by atoms with Crippen molar-refractivity contribution in [1.82, 2.24) is 0 Å². The van der Waals surface area contributed by atoms with Crippen LogP contribution in [0.25, 0.3) is 5.53 Å². The Morgan fingerprint density at radius 1 is 1.73 bits per heavy atom. The predicted molar refractivity (Wildman–Crippen MR) is 39.1 cm³/mol. The van der Waals surface area contributed by atoms with Gasteiger partial charge in [0.1, 0.15) is 0 Å². The molecule has 0 unspecified atom stereocenters. The summed E-state index contributed by atoms with van der Waals surface area (Å²) in [6.45, 7) is 3.90. The maximum absolute atomic E-state index is 10.1. The van der Waals surface area contributed by atoms with Crippen molar-refractivity contribution >= 4 is 12.2 Å². The lowest BCUT2D eigenvalue weighted by Crippen LogP contribution is -2.04. The van der Waals surface area contributed by atoms with Crippen molar-refractivity contribution < 1.29 is 19.4 Å². The molecular formula is C6H12N2O3. The van der Waals surface area contributed by atoms with E-state index < -0.39 is 5.97 Å². The summed E-state index contributed by atoms with van der Waals surface area (Å²) < 4.78 is 4.33. The second kappa shape index (κ2) is 11.6. The number of carbonyl (C=O) groups is 1. The molecule has 5 nitrogen and oxygen atoms in total. The molecule has 0 aliphatic heterocycles. The Kier molecular flexibility index (Phi) is 13.1. The van der Waals surface area contributed by atoms with Crippen LogP contribution in [0.4, 0.5) is 0 Å². The van der Waals surface area contributed by atoms with E-state index in [0.717, 1.165) is 0 Å². The fourth-order valence-electron chi connectivity index (χ4n) is 0.227. The van der Waals surface area contributed by atoms with Gasteiger partial charge >= 0.3 is 12.2 Å². The van der Waals surface area contributed by atoms with E-state index in [1.54, 1.807) is 13.8 Å². The summed E-state index contributed by atoms with van der Waals surface area (Å²) in [5.41, 5.74) is 7.73. The molecule has 0 bridgehead atoms. The largest absolute Gasteiger partial charge is 0.458 e. The molecule has 0 saturated heterocycles. The molecule has 0 rings (SSSR count). The van der Waals surface area contributed by atoms with Crippen molar-refractivity contribution in [3.63, 3.8) is 0 Å². The van der Waals surface area contributed by atoms with Crippen LogP contribution < -0.4 is 0 Å². The van der Waals surface area contributed by atoms with Gasteiger partial charge in [-0.15, -0.1) is 0 Å². The number of aliphatic hydroxyl groups excluding tert-OH is 1. The molecule has 5 heteroatoms. The normalized spacial score (nSPS) is 6.82. The zero-order valence-electron chi connectivity index (χ0n) is 6.65. The van der Waals surface area contributed by atoms with Crippen molar-refractivity contribution in [2.45, 2.75) is 13.8 Å². The maximum atomic E-state index is 10.1. The summed E-state index contributed by atoms with van der Waals surface area (Å²) in [5.74, 6) is -0.630. The number of ether oxygens (including phenoxy) is 1. The van der Waals surface area contributed by atoms with E-state index in [0.29, 0.717) is 12.8 Å². The number of hydrogen-bond donors (Lipinski definition) is 1. The molecule has 0 fully saturated rings. The van der Waals surface area contributed by atoms with Crippen molar-refractivity contribution in [3.05, 3.63) is 5.53 Å². The Balaban J connectivity index is 0. The number of rotatable bonds is 2. The number of esters is 1. The van der Waals surface area contributed by atoms with Crippen LogP contribution in [-0.2, 0) is 9.53 Å². The van der Waals surface area contributed by atoms with E-state index in [2.05, 4.69) is 9.53 Å². The fourth-order valence-corrected chi connectivity index (χ4v) is 0.227. The van der Waals surface area contributed by atoms with Gasteiger partial charge in [0, 0.05) is 6.61 Å². The molecule has 1 N–H and O–H groups in total. The highest BCUT2D eigenvalue weighted by atomic mass is 16.5. The van der Waals surface area contributed by atoms with Gasteiger partial charge in [0.25, 0.3) is 0 Å². The summed E-state index contributed by atoms with van der Waals surface area (Å²) in [6, 6.07) is 0. The molecule has 0 saturated carbocycles. The van der Waals surface area contributed by atoms with Gasteiger partial charge in [0.15, 0.2) is 0 Å². The molecule has 0 aromatic heterocycles.